The smallest absolute Gasteiger partial charge is 0.264 e. The predicted molar refractivity (Wildman–Crippen MR) is 131 cm³/mol. The Morgan fingerprint density at radius 2 is 2.06 bits per heavy atom. The number of likely N-dealkylation sites (tertiary alicyclic amines) is 1. The minimum absolute atomic E-state index is 0.0442. The highest BCUT2D eigenvalue weighted by Gasteiger charge is 2.48. The van der Waals surface area contributed by atoms with Crippen molar-refractivity contribution in [2.24, 2.45) is 5.41 Å². The van der Waals surface area contributed by atoms with Crippen molar-refractivity contribution in [3.8, 4) is 22.9 Å². The summed E-state index contributed by atoms with van der Waals surface area (Å²) in [4.78, 5) is 18.5. The maximum atomic E-state index is 12.4. The monoisotopic (exact) mass is 498 g/mol. The SMILES string of the molecule is C[CH]C(=O)N1C[C@@H](c2ccc(OC)c(OCc3nc(-c4ccc(Cl)cc4)no3)c2)[C@](C)([C@@H](C)O)C1. The third-order valence-corrected chi connectivity index (χ3v) is 7.01. The van der Waals surface area contributed by atoms with Crippen LogP contribution in [-0.2, 0) is 11.4 Å². The number of aliphatic hydroxyl groups excluding tert-OH is 1. The predicted octanol–water partition coefficient (Wildman–Crippen LogP) is 4.51. The Labute approximate surface area is 209 Å². The molecule has 1 radical (unpaired) electrons. The number of hydrogen-bond donors (Lipinski definition) is 1. The van der Waals surface area contributed by atoms with Gasteiger partial charge in [-0.1, -0.05) is 36.7 Å². The highest BCUT2D eigenvalue weighted by molar-refractivity contribution is 6.30. The maximum absolute atomic E-state index is 12.4. The van der Waals surface area contributed by atoms with Gasteiger partial charge >= 0.3 is 0 Å². The minimum atomic E-state index is -0.613. The summed E-state index contributed by atoms with van der Waals surface area (Å²) in [6.45, 7) is 6.53. The van der Waals surface area contributed by atoms with E-state index in [1.165, 1.54) is 0 Å². The second kappa shape index (κ2) is 10.3. The number of aliphatic hydroxyl groups is 1. The van der Waals surface area contributed by atoms with Crippen LogP contribution in [0.3, 0.4) is 0 Å². The normalized spacial score (nSPS) is 20.6. The van der Waals surface area contributed by atoms with Gasteiger partial charge < -0.3 is 24.0 Å². The van der Waals surface area contributed by atoms with Crippen molar-refractivity contribution in [2.45, 2.75) is 39.4 Å². The van der Waals surface area contributed by atoms with E-state index in [1.54, 1.807) is 44.4 Å². The fourth-order valence-electron chi connectivity index (χ4n) is 4.47. The van der Waals surface area contributed by atoms with E-state index >= 15 is 0 Å². The van der Waals surface area contributed by atoms with Crippen LogP contribution in [0.5, 0.6) is 11.5 Å². The zero-order chi connectivity index (χ0) is 25.2. The first-order chi connectivity index (χ1) is 16.7. The van der Waals surface area contributed by atoms with Gasteiger partial charge in [0.2, 0.25) is 11.7 Å². The van der Waals surface area contributed by atoms with Crippen molar-refractivity contribution < 1.29 is 23.9 Å². The Kier molecular flexibility index (Phi) is 7.33. The van der Waals surface area contributed by atoms with Gasteiger partial charge in [0.05, 0.1) is 13.2 Å². The molecule has 2 aromatic carbocycles. The molecule has 0 unspecified atom stereocenters. The van der Waals surface area contributed by atoms with Gasteiger partial charge in [0, 0.05) is 41.4 Å². The summed E-state index contributed by atoms with van der Waals surface area (Å²) >= 11 is 5.95. The van der Waals surface area contributed by atoms with Crippen LogP contribution >= 0.6 is 11.6 Å². The average Bonchev–Trinajstić information content (AvgIpc) is 3.48. The molecule has 1 saturated heterocycles. The largest absolute Gasteiger partial charge is 0.493 e. The molecule has 3 atom stereocenters. The Hall–Kier alpha value is -3.10. The molecule has 8 nitrogen and oxygen atoms in total. The van der Waals surface area contributed by atoms with Crippen LogP contribution in [0.1, 0.15) is 38.1 Å². The second-order valence-corrected chi connectivity index (χ2v) is 9.40. The first kappa shape index (κ1) is 25.0. The molecule has 0 spiro atoms. The summed E-state index contributed by atoms with van der Waals surface area (Å²) < 4.78 is 16.9. The van der Waals surface area contributed by atoms with Crippen LogP contribution in [-0.4, -0.2) is 52.4 Å². The molecule has 3 aromatic rings. The molecule has 9 heteroatoms. The Bertz CT molecular complexity index is 1180. The number of rotatable bonds is 8. The number of nitrogens with zero attached hydrogens (tertiary/aromatic N) is 3. The van der Waals surface area contributed by atoms with Gasteiger partial charge in [0.1, 0.15) is 0 Å². The summed E-state index contributed by atoms with van der Waals surface area (Å²) in [5.41, 5.74) is 1.22. The zero-order valence-electron chi connectivity index (χ0n) is 20.2. The Morgan fingerprint density at radius 1 is 1.31 bits per heavy atom. The lowest BCUT2D eigenvalue weighted by molar-refractivity contribution is -0.127. The summed E-state index contributed by atoms with van der Waals surface area (Å²) in [7, 11) is 1.57. The molecule has 4 rings (SSSR count). The molecule has 185 valence electrons. The van der Waals surface area contributed by atoms with Gasteiger partial charge in [-0.2, -0.15) is 4.98 Å². The van der Waals surface area contributed by atoms with Crippen LogP contribution in [0.4, 0.5) is 0 Å². The molecule has 2 heterocycles. The van der Waals surface area contributed by atoms with Crippen molar-refractivity contribution in [1.82, 2.24) is 15.0 Å². The molecule has 35 heavy (non-hydrogen) atoms. The van der Waals surface area contributed by atoms with Gasteiger partial charge in [0.15, 0.2) is 18.1 Å². The number of amides is 1. The number of aromatic nitrogens is 2. The van der Waals surface area contributed by atoms with Gasteiger partial charge in [0.25, 0.3) is 5.89 Å². The number of ether oxygens (including phenoxy) is 2. The van der Waals surface area contributed by atoms with E-state index in [-0.39, 0.29) is 18.4 Å². The number of halogens is 1. The molecular formula is C26H29ClN3O5. The number of carbonyl (C=O) groups excluding carboxylic acids is 1. The highest BCUT2D eigenvalue weighted by Crippen LogP contribution is 2.47. The molecular weight excluding hydrogens is 470 g/mol. The molecule has 0 saturated carbocycles. The highest BCUT2D eigenvalue weighted by atomic mass is 35.5. The molecule has 1 aliphatic rings. The van der Waals surface area contributed by atoms with Crippen LogP contribution in [0, 0.1) is 11.8 Å². The van der Waals surface area contributed by atoms with Gasteiger partial charge in [-0.15, -0.1) is 0 Å². The lowest BCUT2D eigenvalue weighted by atomic mass is 9.72. The van der Waals surface area contributed by atoms with E-state index in [1.807, 2.05) is 37.3 Å². The third kappa shape index (κ3) is 5.13. The zero-order valence-corrected chi connectivity index (χ0v) is 21.0. The van der Waals surface area contributed by atoms with Crippen molar-refractivity contribution in [1.29, 1.82) is 0 Å². The van der Waals surface area contributed by atoms with E-state index in [0.29, 0.717) is 41.3 Å². The first-order valence-corrected chi connectivity index (χ1v) is 11.8. The molecule has 0 aliphatic carbocycles. The molecule has 0 bridgehead atoms. The van der Waals surface area contributed by atoms with Crippen molar-refractivity contribution in [2.75, 3.05) is 20.2 Å². The average molecular weight is 499 g/mol. The van der Waals surface area contributed by atoms with Crippen molar-refractivity contribution >= 4 is 17.5 Å². The van der Waals surface area contributed by atoms with Crippen LogP contribution in [0.15, 0.2) is 47.0 Å². The van der Waals surface area contributed by atoms with Crippen LogP contribution < -0.4 is 9.47 Å². The number of benzene rings is 2. The molecule has 1 amide bonds. The molecule has 1 aliphatic heterocycles. The number of hydrogen-bond acceptors (Lipinski definition) is 7. The van der Waals surface area contributed by atoms with E-state index in [0.717, 1.165) is 11.1 Å². The Balaban J connectivity index is 1.55. The molecule has 1 N–H and O–H groups in total. The van der Waals surface area contributed by atoms with E-state index in [9.17, 15) is 9.90 Å². The summed E-state index contributed by atoms with van der Waals surface area (Å²) in [6, 6.07) is 12.8. The molecule has 1 fully saturated rings. The molecule has 1 aromatic heterocycles. The van der Waals surface area contributed by atoms with Gasteiger partial charge in [-0.3, -0.25) is 4.79 Å². The van der Waals surface area contributed by atoms with Crippen molar-refractivity contribution in [3.63, 3.8) is 0 Å². The standard InChI is InChI=1S/C26H29ClN3O5/c1-5-24(32)30-13-20(26(3,15-30)16(2)31)18-8-11-21(33-4)22(12-18)34-14-23-28-25(29-35-23)17-6-9-19(27)10-7-17/h5-12,16,20,31H,13-15H2,1-4H3/t16-,20+,26+/m1/s1. The van der Waals surface area contributed by atoms with E-state index in [2.05, 4.69) is 10.1 Å². The summed E-state index contributed by atoms with van der Waals surface area (Å²) in [5.74, 6) is 1.69. The van der Waals surface area contributed by atoms with E-state index < -0.39 is 11.5 Å². The van der Waals surface area contributed by atoms with Crippen LogP contribution in [0.25, 0.3) is 11.4 Å². The topological polar surface area (TPSA) is 97.9 Å². The summed E-state index contributed by atoms with van der Waals surface area (Å²) in [6.07, 6.45) is 0.939. The van der Waals surface area contributed by atoms with Crippen LogP contribution in [0.2, 0.25) is 5.02 Å². The lowest BCUT2D eigenvalue weighted by Crippen LogP contribution is -2.38. The minimum Gasteiger partial charge on any atom is -0.493 e. The fourth-order valence-corrected chi connectivity index (χ4v) is 4.59. The fraction of sp³-hybridized carbons (Fsp3) is 0.385. The quantitative estimate of drug-likeness (QED) is 0.487. The van der Waals surface area contributed by atoms with Gasteiger partial charge in [-0.25, -0.2) is 0 Å². The second-order valence-electron chi connectivity index (χ2n) is 8.96. The van der Waals surface area contributed by atoms with Gasteiger partial charge in [-0.05, 0) is 48.9 Å². The summed E-state index contributed by atoms with van der Waals surface area (Å²) in [5, 5.41) is 15.3. The Morgan fingerprint density at radius 3 is 2.71 bits per heavy atom. The number of methoxy groups -OCH3 is 1. The first-order valence-electron chi connectivity index (χ1n) is 11.4. The number of carbonyl (C=O) groups is 1. The third-order valence-electron chi connectivity index (χ3n) is 6.76. The lowest BCUT2D eigenvalue weighted by Gasteiger charge is -2.33. The van der Waals surface area contributed by atoms with E-state index in [4.69, 9.17) is 25.6 Å². The van der Waals surface area contributed by atoms with Crippen molar-refractivity contribution in [3.05, 3.63) is 65.4 Å². The maximum Gasteiger partial charge on any atom is 0.264 e.